The molecule has 1 aromatic heterocycles. The lowest BCUT2D eigenvalue weighted by Crippen LogP contribution is -2.22. The maximum atomic E-state index is 12.1. The van der Waals surface area contributed by atoms with E-state index in [9.17, 15) is 14.4 Å². The second-order valence-corrected chi connectivity index (χ2v) is 6.31. The lowest BCUT2D eigenvalue weighted by atomic mass is 9.99. The van der Waals surface area contributed by atoms with Gasteiger partial charge in [0.25, 0.3) is 11.5 Å². The van der Waals surface area contributed by atoms with Crippen molar-refractivity contribution in [3.63, 3.8) is 0 Å². The number of para-hydroxylation sites is 2. The third-order valence-electron chi connectivity index (χ3n) is 4.32. The largest absolute Gasteiger partial charge is 0.492 e. The van der Waals surface area contributed by atoms with Crippen LogP contribution in [0.3, 0.4) is 0 Å². The van der Waals surface area contributed by atoms with Gasteiger partial charge in [0.1, 0.15) is 17.4 Å². The van der Waals surface area contributed by atoms with Crippen molar-refractivity contribution in [3.8, 4) is 11.8 Å². The summed E-state index contributed by atoms with van der Waals surface area (Å²) in [6.07, 6.45) is 0.304. The lowest BCUT2D eigenvalue weighted by molar-refractivity contribution is -0.147. The molecule has 29 heavy (non-hydrogen) atoms. The number of aromatic nitrogens is 1. The Morgan fingerprint density at radius 2 is 1.97 bits per heavy atom. The topological polar surface area (TPSA) is 121 Å². The molecule has 152 valence electrons. The van der Waals surface area contributed by atoms with Crippen LogP contribution >= 0.6 is 0 Å². The standard InChI is InChI=1S/C21H23N3O5/c1-4-28-18-8-6-5-7-17(18)24-19(25)12-29-20(26)10-9-15-13(2)16(11-22)21(27)23-14(15)3/h5-8H,4,9-10,12H2,1-3H3,(H,23,27)(H,24,25). The third kappa shape index (κ3) is 5.69. The van der Waals surface area contributed by atoms with E-state index in [-0.39, 0.29) is 18.4 Å². The zero-order valence-corrected chi connectivity index (χ0v) is 16.6. The van der Waals surface area contributed by atoms with E-state index < -0.39 is 24.0 Å². The molecule has 0 aliphatic rings. The number of hydrogen-bond acceptors (Lipinski definition) is 6. The summed E-state index contributed by atoms with van der Waals surface area (Å²) in [6.45, 7) is 5.25. The summed E-state index contributed by atoms with van der Waals surface area (Å²) in [5.41, 5.74) is 1.95. The number of nitrogens with one attached hydrogen (secondary N) is 2. The van der Waals surface area contributed by atoms with Crippen LogP contribution in [-0.4, -0.2) is 30.1 Å². The molecule has 8 nitrogen and oxygen atoms in total. The number of aromatic amines is 1. The molecule has 8 heteroatoms. The van der Waals surface area contributed by atoms with Crippen molar-refractivity contribution in [2.75, 3.05) is 18.5 Å². The van der Waals surface area contributed by atoms with E-state index in [4.69, 9.17) is 14.7 Å². The number of pyridine rings is 1. The van der Waals surface area contributed by atoms with Gasteiger partial charge in [0.15, 0.2) is 6.61 Å². The highest BCUT2D eigenvalue weighted by Gasteiger charge is 2.15. The summed E-state index contributed by atoms with van der Waals surface area (Å²) in [5.74, 6) is -0.498. The average molecular weight is 397 g/mol. The maximum absolute atomic E-state index is 12.1. The van der Waals surface area contributed by atoms with Crippen LogP contribution in [0.15, 0.2) is 29.1 Å². The van der Waals surface area contributed by atoms with Gasteiger partial charge in [-0.3, -0.25) is 14.4 Å². The minimum absolute atomic E-state index is 0.0153. The molecule has 2 rings (SSSR count). The number of nitriles is 1. The fourth-order valence-electron chi connectivity index (χ4n) is 2.90. The number of anilines is 1. The molecule has 0 atom stereocenters. The van der Waals surface area contributed by atoms with E-state index in [1.165, 1.54) is 0 Å². The van der Waals surface area contributed by atoms with Crippen LogP contribution in [0.5, 0.6) is 5.75 Å². The molecule has 1 aromatic carbocycles. The Morgan fingerprint density at radius 1 is 1.24 bits per heavy atom. The SMILES string of the molecule is CCOc1ccccc1NC(=O)COC(=O)CCc1c(C)[nH]c(=O)c(C#N)c1C. The summed E-state index contributed by atoms with van der Waals surface area (Å²) < 4.78 is 10.5. The zero-order chi connectivity index (χ0) is 21.4. The van der Waals surface area contributed by atoms with E-state index in [0.29, 0.717) is 34.9 Å². The summed E-state index contributed by atoms with van der Waals surface area (Å²) >= 11 is 0. The van der Waals surface area contributed by atoms with Crippen LogP contribution in [0, 0.1) is 25.2 Å². The van der Waals surface area contributed by atoms with Crippen LogP contribution < -0.4 is 15.6 Å². The minimum Gasteiger partial charge on any atom is -0.492 e. The molecular weight excluding hydrogens is 374 g/mol. The highest BCUT2D eigenvalue weighted by molar-refractivity contribution is 5.94. The molecule has 0 aliphatic carbocycles. The first-order valence-electron chi connectivity index (χ1n) is 9.17. The number of carbonyl (C=O) groups is 2. The maximum Gasteiger partial charge on any atom is 0.306 e. The van der Waals surface area contributed by atoms with Gasteiger partial charge in [-0.1, -0.05) is 12.1 Å². The summed E-state index contributed by atoms with van der Waals surface area (Å²) in [7, 11) is 0. The second kappa shape index (κ2) is 10.1. The monoisotopic (exact) mass is 397 g/mol. The van der Waals surface area contributed by atoms with E-state index in [1.807, 2.05) is 13.0 Å². The third-order valence-corrected chi connectivity index (χ3v) is 4.32. The molecule has 0 spiro atoms. The van der Waals surface area contributed by atoms with Crippen molar-refractivity contribution in [2.45, 2.75) is 33.6 Å². The Bertz CT molecular complexity index is 1000. The van der Waals surface area contributed by atoms with Gasteiger partial charge >= 0.3 is 5.97 Å². The number of amides is 1. The second-order valence-electron chi connectivity index (χ2n) is 6.31. The lowest BCUT2D eigenvalue weighted by Gasteiger charge is -2.12. The Kier molecular flexibility index (Phi) is 7.54. The molecule has 2 aromatic rings. The van der Waals surface area contributed by atoms with Gasteiger partial charge in [0, 0.05) is 12.1 Å². The number of rotatable bonds is 8. The minimum atomic E-state index is -0.554. The fourth-order valence-corrected chi connectivity index (χ4v) is 2.90. The van der Waals surface area contributed by atoms with Crippen LogP contribution in [0.25, 0.3) is 0 Å². The van der Waals surface area contributed by atoms with E-state index >= 15 is 0 Å². The Hall–Kier alpha value is -3.60. The van der Waals surface area contributed by atoms with Gasteiger partial charge < -0.3 is 19.8 Å². The molecule has 1 heterocycles. The molecule has 1 amide bonds. The summed E-state index contributed by atoms with van der Waals surface area (Å²) in [4.78, 5) is 38.4. The first-order valence-corrected chi connectivity index (χ1v) is 9.17. The number of esters is 1. The number of H-pyrrole nitrogens is 1. The van der Waals surface area contributed by atoms with Crippen LogP contribution in [0.2, 0.25) is 0 Å². The van der Waals surface area contributed by atoms with Gasteiger partial charge in [0.05, 0.1) is 12.3 Å². The highest BCUT2D eigenvalue weighted by atomic mass is 16.5. The number of aryl methyl sites for hydroxylation is 1. The quantitative estimate of drug-likeness (QED) is 0.660. The Morgan fingerprint density at radius 3 is 2.66 bits per heavy atom. The molecule has 0 fully saturated rings. The number of ether oxygens (including phenoxy) is 2. The van der Waals surface area contributed by atoms with Crippen molar-refractivity contribution >= 4 is 17.6 Å². The van der Waals surface area contributed by atoms with Crippen molar-refractivity contribution < 1.29 is 19.1 Å². The normalized spacial score (nSPS) is 10.1. The molecular formula is C21H23N3O5. The van der Waals surface area contributed by atoms with Gasteiger partial charge in [-0.2, -0.15) is 5.26 Å². The fraction of sp³-hybridized carbons (Fsp3) is 0.333. The van der Waals surface area contributed by atoms with E-state index in [1.54, 1.807) is 38.1 Å². The summed E-state index contributed by atoms with van der Waals surface area (Å²) in [6, 6.07) is 8.85. The van der Waals surface area contributed by atoms with Gasteiger partial charge in [0.2, 0.25) is 0 Å². The molecule has 0 radical (unpaired) electrons. The highest BCUT2D eigenvalue weighted by Crippen LogP contribution is 2.23. The van der Waals surface area contributed by atoms with Crippen LogP contribution in [-0.2, 0) is 20.7 Å². The zero-order valence-electron chi connectivity index (χ0n) is 16.6. The first kappa shape index (κ1) is 21.7. The van der Waals surface area contributed by atoms with E-state index in [2.05, 4.69) is 10.3 Å². The Balaban J connectivity index is 1.91. The van der Waals surface area contributed by atoms with Crippen LogP contribution in [0.1, 0.15) is 35.7 Å². The Labute approximate surface area is 168 Å². The first-order chi connectivity index (χ1) is 13.9. The molecule has 0 aliphatic heterocycles. The molecule has 0 unspecified atom stereocenters. The average Bonchev–Trinajstić information content (AvgIpc) is 2.68. The van der Waals surface area contributed by atoms with Gasteiger partial charge in [-0.05, 0) is 50.5 Å². The summed E-state index contributed by atoms with van der Waals surface area (Å²) in [5, 5.41) is 11.7. The molecule has 2 N–H and O–H groups in total. The van der Waals surface area contributed by atoms with Crippen molar-refractivity contribution in [1.29, 1.82) is 5.26 Å². The smallest absolute Gasteiger partial charge is 0.306 e. The van der Waals surface area contributed by atoms with Crippen molar-refractivity contribution in [3.05, 3.63) is 57.0 Å². The van der Waals surface area contributed by atoms with Crippen molar-refractivity contribution in [2.24, 2.45) is 0 Å². The number of nitrogens with zero attached hydrogens (tertiary/aromatic N) is 1. The van der Waals surface area contributed by atoms with Crippen molar-refractivity contribution in [1.82, 2.24) is 4.98 Å². The molecule has 0 bridgehead atoms. The predicted octanol–water partition coefficient (Wildman–Crippen LogP) is 2.38. The van der Waals surface area contributed by atoms with E-state index in [0.717, 1.165) is 0 Å². The van der Waals surface area contributed by atoms with Crippen LogP contribution in [0.4, 0.5) is 5.69 Å². The van der Waals surface area contributed by atoms with Gasteiger partial charge in [-0.25, -0.2) is 0 Å². The number of carbonyl (C=O) groups excluding carboxylic acids is 2. The number of hydrogen-bond donors (Lipinski definition) is 2. The predicted molar refractivity (Wildman–Crippen MR) is 107 cm³/mol. The molecule has 0 saturated carbocycles. The molecule has 0 saturated heterocycles. The number of benzene rings is 1. The van der Waals surface area contributed by atoms with Gasteiger partial charge in [-0.15, -0.1) is 0 Å².